The summed E-state index contributed by atoms with van der Waals surface area (Å²) in [7, 11) is 0. The van der Waals surface area contributed by atoms with Crippen molar-refractivity contribution in [2.24, 2.45) is 0 Å². The molecule has 2 aromatic heterocycles. The number of halogens is 1. The van der Waals surface area contributed by atoms with Gasteiger partial charge in [-0.2, -0.15) is 0 Å². The number of nitrogens with zero attached hydrogens (tertiary/aromatic N) is 3. The van der Waals surface area contributed by atoms with Crippen molar-refractivity contribution in [3.8, 4) is 0 Å². The van der Waals surface area contributed by atoms with Crippen molar-refractivity contribution in [3.63, 3.8) is 0 Å². The normalized spacial score (nSPS) is 14.0. The first-order valence-electron chi connectivity index (χ1n) is 10.9. The molecule has 2 amide bonds. The van der Waals surface area contributed by atoms with Crippen LogP contribution in [-0.4, -0.2) is 33.2 Å². The maximum absolute atomic E-state index is 13.4. The van der Waals surface area contributed by atoms with Gasteiger partial charge in [-0.1, -0.05) is 54.1 Å². The molecule has 3 heterocycles. The summed E-state index contributed by atoms with van der Waals surface area (Å²) in [6.07, 6.45) is 2.30. The number of rotatable bonds is 5. The van der Waals surface area contributed by atoms with E-state index in [0.29, 0.717) is 35.9 Å². The Morgan fingerprint density at radius 3 is 2.68 bits per heavy atom. The van der Waals surface area contributed by atoms with Gasteiger partial charge in [-0.25, -0.2) is 9.97 Å². The fourth-order valence-corrected chi connectivity index (χ4v) is 5.72. The lowest BCUT2D eigenvalue weighted by Gasteiger charge is -2.29. The van der Waals surface area contributed by atoms with E-state index >= 15 is 0 Å². The van der Waals surface area contributed by atoms with Gasteiger partial charge in [0.25, 0.3) is 5.91 Å². The first-order valence-corrected chi connectivity index (χ1v) is 12.1. The quantitative estimate of drug-likeness (QED) is 0.431. The number of fused-ring (bicyclic) bond motifs is 3. The molecule has 7 nitrogen and oxygen atoms in total. The lowest BCUT2D eigenvalue weighted by atomic mass is 10.0. The Hall–Kier alpha value is -3.49. The van der Waals surface area contributed by atoms with Crippen LogP contribution in [0, 0.1) is 0 Å². The minimum Gasteiger partial charge on any atom is -0.383 e. The van der Waals surface area contributed by atoms with E-state index in [2.05, 4.69) is 15.3 Å². The van der Waals surface area contributed by atoms with Crippen LogP contribution in [0.2, 0.25) is 5.02 Å². The molecule has 0 spiro atoms. The molecule has 34 heavy (non-hydrogen) atoms. The van der Waals surface area contributed by atoms with Gasteiger partial charge in [-0.15, -0.1) is 11.3 Å². The molecule has 4 aromatic rings. The highest BCUT2D eigenvalue weighted by molar-refractivity contribution is 7.19. The lowest BCUT2D eigenvalue weighted by Crippen LogP contribution is -2.39. The van der Waals surface area contributed by atoms with Gasteiger partial charge >= 0.3 is 0 Å². The van der Waals surface area contributed by atoms with Crippen LogP contribution in [0.1, 0.15) is 38.8 Å². The third-order valence-corrected chi connectivity index (χ3v) is 7.48. The van der Waals surface area contributed by atoms with Gasteiger partial charge in [0, 0.05) is 11.4 Å². The number of hydrogen-bond acceptors (Lipinski definition) is 6. The Bertz CT molecular complexity index is 1370. The molecule has 2 aromatic carbocycles. The van der Waals surface area contributed by atoms with E-state index in [-0.39, 0.29) is 18.2 Å². The summed E-state index contributed by atoms with van der Waals surface area (Å²) in [5, 5.41) is 4.28. The monoisotopic (exact) mass is 491 g/mol. The zero-order valence-corrected chi connectivity index (χ0v) is 19.8. The SMILES string of the molecule is Nc1ncnc2sc3c(c12)CCN(C(=O)CC(NC(=O)c1ccccc1Cl)c1ccccc1)C3. The second kappa shape index (κ2) is 9.40. The second-order valence-electron chi connectivity index (χ2n) is 8.13. The van der Waals surface area contributed by atoms with E-state index < -0.39 is 6.04 Å². The van der Waals surface area contributed by atoms with E-state index in [9.17, 15) is 9.59 Å². The maximum Gasteiger partial charge on any atom is 0.253 e. The van der Waals surface area contributed by atoms with Crippen molar-refractivity contribution in [3.05, 3.63) is 87.5 Å². The smallest absolute Gasteiger partial charge is 0.253 e. The average Bonchev–Trinajstić information content (AvgIpc) is 3.23. The van der Waals surface area contributed by atoms with Crippen molar-refractivity contribution >= 4 is 50.8 Å². The molecule has 1 unspecified atom stereocenters. The van der Waals surface area contributed by atoms with Gasteiger partial charge in [0.05, 0.1) is 35.0 Å². The highest BCUT2D eigenvalue weighted by Crippen LogP contribution is 2.36. The number of hydrogen-bond donors (Lipinski definition) is 2. The van der Waals surface area contributed by atoms with Gasteiger partial charge in [-0.05, 0) is 29.7 Å². The zero-order chi connectivity index (χ0) is 23.7. The summed E-state index contributed by atoms with van der Waals surface area (Å²) in [5.41, 5.74) is 8.45. The molecular weight excluding hydrogens is 470 g/mol. The molecule has 0 radical (unpaired) electrons. The number of benzene rings is 2. The summed E-state index contributed by atoms with van der Waals surface area (Å²) in [4.78, 5) is 38.5. The highest BCUT2D eigenvalue weighted by atomic mass is 35.5. The number of thiophene rings is 1. The predicted molar refractivity (Wildman–Crippen MR) is 134 cm³/mol. The summed E-state index contributed by atoms with van der Waals surface area (Å²) in [5.74, 6) is 0.135. The number of anilines is 1. The van der Waals surface area contributed by atoms with Gasteiger partial charge in [0.15, 0.2) is 0 Å². The molecule has 1 aliphatic heterocycles. The average molecular weight is 492 g/mol. The number of aromatic nitrogens is 2. The summed E-state index contributed by atoms with van der Waals surface area (Å²) < 4.78 is 0. The molecule has 172 valence electrons. The van der Waals surface area contributed by atoms with Crippen LogP contribution in [-0.2, 0) is 17.8 Å². The Morgan fingerprint density at radius 1 is 1.12 bits per heavy atom. The van der Waals surface area contributed by atoms with E-state index in [1.54, 1.807) is 35.6 Å². The Balaban J connectivity index is 1.36. The van der Waals surface area contributed by atoms with Crippen molar-refractivity contribution < 1.29 is 9.59 Å². The maximum atomic E-state index is 13.4. The van der Waals surface area contributed by atoms with E-state index in [1.807, 2.05) is 35.2 Å². The lowest BCUT2D eigenvalue weighted by molar-refractivity contribution is -0.132. The second-order valence-corrected chi connectivity index (χ2v) is 9.62. The molecule has 0 bridgehead atoms. The fraction of sp³-hybridized carbons (Fsp3) is 0.200. The number of carbonyl (C=O) groups is 2. The van der Waals surface area contributed by atoms with Crippen molar-refractivity contribution in [1.82, 2.24) is 20.2 Å². The summed E-state index contributed by atoms with van der Waals surface area (Å²) in [6, 6.07) is 15.9. The number of amides is 2. The van der Waals surface area contributed by atoms with Crippen LogP contribution in [0.3, 0.4) is 0 Å². The van der Waals surface area contributed by atoms with E-state index in [4.69, 9.17) is 17.3 Å². The van der Waals surface area contributed by atoms with Crippen LogP contribution in [0.5, 0.6) is 0 Å². The number of carbonyl (C=O) groups excluding carboxylic acids is 2. The van der Waals surface area contributed by atoms with Crippen LogP contribution in [0.4, 0.5) is 5.82 Å². The number of nitrogens with one attached hydrogen (secondary N) is 1. The van der Waals surface area contributed by atoms with E-state index in [1.165, 1.54) is 6.33 Å². The number of nitrogen functional groups attached to an aromatic ring is 1. The van der Waals surface area contributed by atoms with Crippen LogP contribution in [0.25, 0.3) is 10.2 Å². The van der Waals surface area contributed by atoms with Crippen LogP contribution in [0.15, 0.2) is 60.9 Å². The van der Waals surface area contributed by atoms with Crippen molar-refractivity contribution in [1.29, 1.82) is 0 Å². The van der Waals surface area contributed by atoms with E-state index in [0.717, 1.165) is 26.2 Å². The molecule has 0 saturated carbocycles. The van der Waals surface area contributed by atoms with Crippen molar-refractivity contribution in [2.45, 2.75) is 25.4 Å². The third-order valence-electron chi connectivity index (χ3n) is 6.02. The van der Waals surface area contributed by atoms with Gasteiger partial charge in [0.2, 0.25) is 5.91 Å². The molecule has 0 saturated heterocycles. The largest absolute Gasteiger partial charge is 0.383 e. The fourth-order valence-electron chi connectivity index (χ4n) is 4.29. The Morgan fingerprint density at radius 2 is 1.88 bits per heavy atom. The zero-order valence-electron chi connectivity index (χ0n) is 18.2. The number of nitrogens with two attached hydrogens (primary N) is 1. The molecule has 0 fully saturated rings. The minimum absolute atomic E-state index is 0.0320. The Kier molecular flexibility index (Phi) is 6.17. The molecule has 1 aliphatic rings. The van der Waals surface area contributed by atoms with Crippen LogP contribution < -0.4 is 11.1 Å². The van der Waals surface area contributed by atoms with Gasteiger partial charge in [0.1, 0.15) is 17.0 Å². The standard InChI is InChI=1S/C25H22ClN5O2S/c26-18-9-5-4-8-16(18)24(33)30-19(15-6-2-1-3-7-15)12-21(32)31-11-10-17-20(13-31)34-25-22(17)23(27)28-14-29-25/h1-9,14,19H,10-13H2,(H,30,33)(H2,27,28,29). The van der Waals surface area contributed by atoms with Crippen molar-refractivity contribution in [2.75, 3.05) is 12.3 Å². The highest BCUT2D eigenvalue weighted by Gasteiger charge is 2.28. The minimum atomic E-state index is -0.484. The predicted octanol–water partition coefficient (Wildman–Crippen LogP) is 4.37. The van der Waals surface area contributed by atoms with Gasteiger partial charge in [-0.3, -0.25) is 9.59 Å². The first kappa shape index (κ1) is 22.3. The molecule has 9 heteroatoms. The van der Waals surface area contributed by atoms with Gasteiger partial charge < -0.3 is 16.0 Å². The summed E-state index contributed by atoms with van der Waals surface area (Å²) in [6.45, 7) is 1.07. The molecule has 5 rings (SSSR count). The molecular formula is C25H22ClN5O2S. The third kappa shape index (κ3) is 4.34. The summed E-state index contributed by atoms with van der Waals surface area (Å²) >= 11 is 7.77. The molecule has 1 atom stereocenters. The topological polar surface area (TPSA) is 101 Å². The molecule has 3 N–H and O–H groups in total. The Labute approximate surface area is 205 Å². The first-order chi connectivity index (χ1) is 16.5. The van der Waals surface area contributed by atoms with Crippen LogP contribution >= 0.6 is 22.9 Å². The molecule has 0 aliphatic carbocycles.